The first kappa shape index (κ1) is 15.2. The Kier molecular flexibility index (Phi) is 6.54. The summed E-state index contributed by atoms with van der Waals surface area (Å²) in [5.74, 6) is 3.32. The molecule has 1 fully saturated rings. The molecule has 0 amide bonds. The predicted octanol–water partition coefficient (Wildman–Crippen LogP) is 4.22. The third-order valence-corrected chi connectivity index (χ3v) is 4.67. The molecule has 19 heavy (non-hydrogen) atoms. The average Bonchev–Trinajstić information content (AvgIpc) is 3.22. The molecule has 106 valence electrons. The van der Waals surface area contributed by atoms with Gasteiger partial charge in [0.25, 0.3) is 0 Å². The van der Waals surface area contributed by atoms with E-state index in [1.165, 1.54) is 29.9 Å². The van der Waals surface area contributed by atoms with E-state index < -0.39 is 0 Å². The predicted molar refractivity (Wildman–Crippen MR) is 87.1 cm³/mol. The molecular weight excluding hydrogens is 322 g/mol. The van der Waals surface area contributed by atoms with Crippen LogP contribution in [0.4, 0.5) is 0 Å². The van der Waals surface area contributed by atoms with Crippen LogP contribution in [0.5, 0.6) is 5.75 Å². The van der Waals surface area contributed by atoms with Gasteiger partial charge in [0.1, 0.15) is 5.75 Å². The second-order valence-corrected chi connectivity index (χ2v) is 7.07. The van der Waals surface area contributed by atoms with E-state index in [-0.39, 0.29) is 0 Å². The number of hydrogen-bond donors (Lipinski definition) is 1. The summed E-state index contributed by atoms with van der Waals surface area (Å²) in [6.45, 7) is 3.94. The minimum absolute atomic E-state index is 0.755. The largest absolute Gasteiger partial charge is 0.492 e. The van der Waals surface area contributed by atoms with Crippen molar-refractivity contribution >= 4 is 27.7 Å². The number of nitrogens with one attached hydrogen (secondary N) is 1. The first-order valence-corrected chi connectivity index (χ1v) is 8.96. The number of hydrogen-bond acceptors (Lipinski definition) is 3. The fourth-order valence-corrected chi connectivity index (χ4v) is 2.96. The Morgan fingerprint density at radius 3 is 2.95 bits per heavy atom. The van der Waals surface area contributed by atoms with Crippen molar-refractivity contribution in [1.29, 1.82) is 0 Å². The molecule has 1 saturated carbocycles. The lowest BCUT2D eigenvalue weighted by Gasteiger charge is -2.10. The van der Waals surface area contributed by atoms with Crippen molar-refractivity contribution in [3.8, 4) is 5.75 Å². The van der Waals surface area contributed by atoms with Crippen molar-refractivity contribution in [3.05, 3.63) is 28.2 Å². The van der Waals surface area contributed by atoms with Crippen molar-refractivity contribution in [3.63, 3.8) is 0 Å². The molecule has 0 bridgehead atoms. The summed E-state index contributed by atoms with van der Waals surface area (Å²) in [6, 6.07) is 7.13. The molecule has 0 saturated heterocycles. The summed E-state index contributed by atoms with van der Waals surface area (Å²) < 4.78 is 6.86. The van der Waals surface area contributed by atoms with Crippen LogP contribution in [0.3, 0.4) is 0 Å². The Bertz CT molecular complexity index is 396. The Balaban J connectivity index is 1.73. The number of ether oxygens (including phenoxy) is 1. The summed E-state index contributed by atoms with van der Waals surface area (Å²) in [4.78, 5) is 0. The van der Waals surface area contributed by atoms with Gasteiger partial charge in [-0.3, -0.25) is 0 Å². The van der Waals surface area contributed by atoms with Gasteiger partial charge in [-0.25, -0.2) is 0 Å². The van der Waals surface area contributed by atoms with Gasteiger partial charge >= 0.3 is 0 Å². The molecule has 0 spiro atoms. The van der Waals surface area contributed by atoms with Crippen LogP contribution in [0.15, 0.2) is 22.7 Å². The van der Waals surface area contributed by atoms with E-state index in [0.717, 1.165) is 35.8 Å². The molecule has 0 heterocycles. The Morgan fingerprint density at radius 2 is 2.26 bits per heavy atom. The molecule has 0 unspecified atom stereocenters. The number of benzene rings is 1. The maximum atomic E-state index is 5.80. The summed E-state index contributed by atoms with van der Waals surface area (Å²) in [7, 11) is 0. The zero-order chi connectivity index (χ0) is 13.5. The fourth-order valence-electron chi connectivity index (χ4n) is 1.81. The van der Waals surface area contributed by atoms with Crippen molar-refractivity contribution in [2.75, 3.05) is 18.1 Å². The van der Waals surface area contributed by atoms with Gasteiger partial charge in [-0.1, -0.05) is 13.0 Å². The zero-order valence-electron chi connectivity index (χ0n) is 11.5. The first-order chi connectivity index (χ1) is 9.29. The number of halogens is 1. The van der Waals surface area contributed by atoms with Gasteiger partial charge in [-0.15, -0.1) is 0 Å². The highest BCUT2D eigenvalue weighted by Gasteiger charge is 2.19. The summed E-state index contributed by atoms with van der Waals surface area (Å²) in [6.07, 6.45) is 3.77. The second-order valence-electron chi connectivity index (χ2n) is 4.82. The monoisotopic (exact) mass is 343 g/mol. The topological polar surface area (TPSA) is 21.3 Å². The van der Waals surface area contributed by atoms with Crippen LogP contribution < -0.4 is 10.1 Å². The van der Waals surface area contributed by atoms with Crippen molar-refractivity contribution in [2.24, 2.45) is 0 Å². The highest BCUT2D eigenvalue weighted by atomic mass is 79.9. The highest BCUT2D eigenvalue weighted by molar-refractivity contribution is 9.10. The Hall–Kier alpha value is -0.190. The van der Waals surface area contributed by atoms with Crippen LogP contribution in [0.1, 0.15) is 31.7 Å². The van der Waals surface area contributed by atoms with E-state index in [4.69, 9.17) is 4.74 Å². The third kappa shape index (κ3) is 5.76. The third-order valence-electron chi connectivity index (χ3n) is 3.06. The molecule has 1 aromatic rings. The molecule has 0 aromatic heterocycles. The molecule has 1 aliphatic carbocycles. The lowest BCUT2D eigenvalue weighted by Crippen LogP contribution is -2.15. The van der Waals surface area contributed by atoms with E-state index in [9.17, 15) is 0 Å². The van der Waals surface area contributed by atoms with Gasteiger partial charge in [0.2, 0.25) is 0 Å². The summed E-state index contributed by atoms with van der Waals surface area (Å²) in [5.41, 5.74) is 1.31. The molecule has 1 aliphatic rings. The lowest BCUT2D eigenvalue weighted by molar-refractivity contribution is 0.316. The van der Waals surface area contributed by atoms with E-state index in [1.54, 1.807) is 0 Å². The van der Waals surface area contributed by atoms with Gasteiger partial charge in [0.05, 0.1) is 11.1 Å². The lowest BCUT2D eigenvalue weighted by atomic mass is 10.2. The summed E-state index contributed by atoms with van der Waals surface area (Å²) in [5, 5.41) is 3.52. The molecule has 1 aromatic carbocycles. The molecule has 1 N–H and O–H groups in total. The minimum Gasteiger partial charge on any atom is -0.492 e. The highest BCUT2D eigenvalue weighted by Crippen LogP contribution is 2.27. The normalized spacial score (nSPS) is 14.6. The minimum atomic E-state index is 0.755. The molecule has 4 heteroatoms. The average molecular weight is 344 g/mol. The quantitative estimate of drug-likeness (QED) is 0.678. The van der Waals surface area contributed by atoms with Crippen molar-refractivity contribution in [2.45, 2.75) is 38.8 Å². The molecule has 0 radical (unpaired) electrons. The van der Waals surface area contributed by atoms with Crippen LogP contribution >= 0.6 is 27.7 Å². The van der Waals surface area contributed by atoms with Crippen LogP contribution in [0.25, 0.3) is 0 Å². The van der Waals surface area contributed by atoms with E-state index in [0.29, 0.717) is 0 Å². The molecular formula is C15H22BrNOS. The van der Waals surface area contributed by atoms with Gasteiger partial charge < -0.3 is 10.1 Å². The van der Waals surface area contributed by atoms with E-state index in [2.05, 4.69) is 46.4 Å². The van der Waals surface area contributed by atoms with Crippen LogP contribution in [-0.2, 0) is 6.54 Å². The fraction of sp³-hybridized carbons (Fsp3) is 0.600. The standard InChI is InChI=1S/C15H22BrNOS/c1-2-19-9-3-8-18-15-7-4-12(10-14(15)16)11-17-13-5-6-13/h4,7,10,13,17H,2-3,5-6,8-9,11H2,1H3. The maximum Gasteiger partial charge on any atom is 0.133 e. The molecule has 0 aliphatic heterocycles. The van der Waals surface area contributed by atoms with Crippen LogP contribution in [-0.4, -0.2) is 24.2 Å². The van der Waals surface area contributed by atoms with Crippen LogP contribution in [0, 0.1) is 0 Å². The first-order valence-electron chi connectivity index (χ1n) is 7.02. The van der Waals surface area contributed by atoms with Gasteiger partial charge in [0, 0.05) is 12.6 Å². The molecule has 0 atom stereocenters. The van der Waals surface area contributed by atoms with E-state index >= 15 is 0 Å². The molecule has 2 nitrogen and oxygen atoms in total. The Labute approximate surface area is 128 Å². The molecule has 2 rings (SSSR count). The van der Waals surface area contributed by atoms with Crippen LogP contribution in [0.2, 0.25) is 0 Å². The van der Waals surface area contributed by atoms with Crippen molar-refractivity contribution < 1.29 is 4.74 Å². The van der Waals surface area contributed by atoms with E-state index in [1.807, 2.05) is 11.8 Å². The maximum absolute atomic E-state index is 5.80. The SMILES string of the molecule is CCSCCCOc1ccc(CNC2CC2)cc1Br. The van der Waals surface area contributed by atoms with Gasteiger partial charge in [-0.2, -0.15) is 11.8 Å². The van der Waals surface area contributed by atoms with Gasteiger partial charge in [-0.05, 0) is 64.4 Å². The smallest absolute Gasteiger partial charge is 0.133 e. The van der Waals surface area contributed by atoms with Gasteiger partial charge in [0.15, 0.2) is 0 Å². The zero-order valence-corrected chi connectivity index (χ0v) is 13.9. The summed E-state index contributed by atoms with van der Waals surface area (Å²) >= 11 is 5.56. The number of rotatable bonds is 9. The second kappa shape index (κ2) is 8.18. The van der Waals surface area contributed by atoms with Crippen molar-refractivity contribution in [1.82, 2.24) is 5.32 Å². The number of thioether (sulfide) groups is 1. The Morgan fingerprint density at radius 1 is 1.42 bits per heavy atom.